The molecule has 3 N–H and O–H groups in total. The van der Waals surface area contributed by atoms with E-state index < -0.39 is 0 Å². The van der Waals surface area contributed by atoms with Gasteiger partial charge in [0.1, 0.15) is 0 Å². The van der Waals surface area contributed by atoms with Crippen molar-refractivity contribution in [1.29, 1.82) is 0 Å². The molecule has 0 saturated carbocycles. The number of benzene rings is 2. The molecule has 1 saturated heterocycles. The van der Waals surface area contributed by atoms with Crippen molar-refractivity contribution >= 4 is 11.6 Å². The Morgan fingerprint density at radius 3 is 2.74 bits per heavy atom. The fourth-order valence-corrected chi connectivity index (χ4v) is 4.33. The van der Waals surface area contributed by atoms with Crippen LogP contribution in [0.2, 0.25) is 5.02 Å². The first kappa shape index (κ1) is 18.2. The second kappa shape index (κ2) is 8.26. The van der Waals surface area contributed by atoms with Gasteiger partial charge < -0.3 is 10.6 Å². The predicted molar refractivity (Wildman–Crippen MR) is 110 cm³/mol. The second-order valence-electron chi connectivity index (χ2n) is 7.28. The van der Waals surface area contributed by atoms with Crippen LogP contribution in [-0.2, 0) is 0 Å². The number of hydrogen-bond acceptors (Lipinski definition) is 3. The molecule has 4 nitrogen and oxygen atoms in total. The number of nitrogens with one attached hydrogen (secondary N) is 3. The van der Waals surface area contributed by atoms with Gasteiger partial charge in [-0.05, 0) is 55.1 Å². The van der Waals surface area contributed by atoms with Crippen LogP contribution < -0.4 is 10.6 Å². The van der Waals surface area contributed by atoms with Crippen LogP contribution >= 0.6 is 11.6 Å². The molecule has 0 aliphatic carbocycles. The summed E-state index contributed by atoms with van der Waals surface area (Å²) in [5.41, 5.74) is 4.77. The first-order valence-electron chi connectivity index (χ1n) is 9.51. The van der Waals surface area contributed by atoms with Gasteiger partial charge in [0.15, 0.2) is 0 Å². The number of rotatable bonds is 5. The van der Waals surface area contributed by atoms with Gasteiger partial charge in [-0.2, -0.15) is 5.10 Å². The van der Waals surface area contributed by atoms with Gasteiger partial charge in [0, 0.05) is 28.9 Å². The minimum absolute atomic E-state index is 0.0391. The zero-order chi connectivity index (χ0) is 18.6. The summed E-state index contributed by atoms with van der Waals surface area (Å²) in [7, 11) is 0. The molecule has 27 heavy (non-hydrogen) atoms. The van der Waals surface area contributed by atoms with Crippen LogP contribution in [0.5, 0.6) is 0 Å². The van der Waals surface area contributed by atoms with E-state index in [4.69, 9.17) is 11.6 Å². The summed E-state index contributed by atoms with van der Waals surface area (Å²) in [6, 6.07) is 17.6. The molecule has 0 radical (unpaired) electrons. The highest BCUT2D eigenvalue weighted by Gasteiger charge is 2.29. The van der Waals surface area contributed by atoms with Crippen LogP contribution in [0.4, 0.5) is 0 Å². The van der Waals surface area contributed by atoms with Gasteiger partial charge in [-0.15, -0.1) is 0 Å². The summed E-state index contributed by atoms with van der Waals surface area (Å²) in [6.07, 6.45) is 6.14. The Balaban J connectivity index is 1.66. The molecular formula is C22H25ClN4. The normalized spacial score (nSPS) is 21.1. The first-order chi connectivity index (χ1) is 13.2. The van der Waals surface area contributed by atoms with Crippen LogP contribution in [0.1, 0.15) is 47.2 Å². The SMILES string of the molecule is Cc1cc(Cl)cc(C(NC2CCCNC2c2ccccc2)c2cn[nH]c2)c1. The molecule has 5 heteroatoms. The third-order valence-electron chi connectivity index (χ3n) is 5.25. The summed E-state index contributed by atoms with van der Waals surface area (Å²) < 4.78 is 0. The lowest BCUT2D eigenvalue weighted by molar-refractivity contribution is 0.292. The van der Waals surface area contributed by atoms with Crippen molar-refractivity contribution in [3.8, 4) is 0 Å². The minimum Gasteiger partial charge on any atom is -0.309 e. The van der Waals surface area contributed by atoms with Gasteiger partial charge in [-0.3, -0.25) is 5.10 Å². The lowest BCUT2D eigenvalue weighted by Crippen LogP contribution is -2.47. The van der Waals surface area contributed by atoms with Gasteiger partial charge in [0.05, 0.1) is 12.2 Å². The lowest BCUT2D eigenvalue weighted by atomic mass is 9.90. The molecule has 140 valence electrons. The van der Waals surface area contributed by atoms with E-state index in [1.165, 1.54) is 11.1 Å². The fraction of sp³-hybridized carbons (Fsp3) is 0.318. The van der Waals surface area contributed by atoms with Crippen molar-refractivity contribution in [2.45, 2.75) is 37.9 Å². The molecule has 0 spiro atoms. The molecule has 0 amide bonds. The summed E-state index contributed by atoms with van der Waals surface area (Å²) in [5, 5.41) is 15.5. The molecule has 3 aromatic rings. The highest BCUT2D eigenvalue weighted by molar-refractivity contribution is 6.30. The number of piperidine rings is 1. The summed E-state index contributed by atoms with van der Waals surface area (Å²) in [6.45, 7) is 3.13. The van der Waals surface area contributed by atoms with Crippen molar-refractivity contribution in [2.24, 2.45) is 0 Å². The number of aromatic amines is 1. The maximum atomic E-state index is 6.36. The Kier molecular flexibility index (Phi) is 5.58. The van der Waals surface area contributed by atoms with Crippen LogP contribution in [0.25, 0.3) is 0 Å². The molecule has 3 atom stereocenters. The van der Waals surface area contributed by atoms with Crippen molar-refractivity contribution in [3.05, 3.63) is 88.2 Å². The third kappa shape index (κ3) is 4.24. The predicted octanol–water partition coefficient (Wildman–Crippen LogP) is 4.54. The van der Waals surface area contributed by atoms with Gasteiger partial charge in [0.25, 0.3) is 0 Å². The number of halogens is 1. The van der Waals surface area contributed by atoms with Gasteiger partial charge >= 0.3 is 0 Å². The Bertz CT molecular complexity index is 843. The molecule has 1 aliphatic heterocycles. The van der Waals surface area contributed by atoms with E-state index in [9.17, 15) is 0 Å². The summed E-state index contributed by atoms with van der Waals surface area (Å²) in [4.78, 5) is 0. The standard InChI is InChI=1S/C22H25ClN4/c1-15-10-17(12-19(23)11-15)21(18-13-25-26-14-18)27-20-8-5-9-24-22(20)16-6-3-2-4-7-16/h2-4,6-7,10-14,20-22,24,27H,5,8-9H2,1H3,(H,25,26). The molecule has 1 aromatic heterocycles. The van der Waals surface area contributed by atoms with E-state index in [-0.39, 0.29) is 12.1 Å². The number of nitrogens with zero attached hydrogens (tertiary/aromatic N) is 1. The average Bonchev–Trinajstić information content (AvgIpc) is 3.21. The quantitative estimate of drug-likeness (QED) is 0.609. The van der Waals surface area contributed by atoms with Crippen molar-refractivity contribution in [2.75, 3.05) is 6.54 Å². The largest absolute Gasteiger partial charge is 0.309 e. The van der Waals surface area contributed by atoms with E-state index in [1.807, 2.05) is 24.5 Å². The minimum atomic E-state index is 0.0391. The van der Waals surface area contributed by atoms with E-state index >= 15 is 0 Å². The van der Waals surface area contributed by atoms with Crippen LogP contribution in [-0.4, -0.2) is 22.8 Å². The lowest BCUT2D eigenvalue weighted by Gasteiger charge is -2.36. The second-order valence-corrected chi connectivity index (χ2v) is 7.72. The maximum absolute atomic E-state index is 6.36. The highest BCUT2D eigenvalue weighted by Crippen LogP contribution is 2.30. The number of aryl methyl sites for hydroxylation is 1. The fourth-order valence-electron chi connectivity index (χ4n) is 4.03. The Hall–Kier alpha value is -2.14. The number of aromatic nitrogens is 2. The first-order valence-corrected chi connectivity index (χ1v) is 9.88. The number of hydrogen-bond donors (Lipinski definition) is 3. The van der Waals surface area contributed by atoms with E-state index in [1.54, 1.807) is 0 Å². The zero-order valence-electron chi connectivity index (χ0n) is 15.5. The van der Waals surface area contributed by atoms with Gasteiger partial charge in [-0.1, -0.05) is 48.0 Å². The van der Waals surface area contributed by atoms with E-state index in [0.29, 0.717) is 6.04 Å². The van der Waals surface area contributed by atoms with E-state index in [0.717, 1.165) is 35.5 Å². The zero-order valence-corrected chi connectivity index (χ0v) is 16.2. The molecule has 2 aromatic carbocycles. The van der Waals surface area contributed by atoms with Crippen LogP contribution in [0.3, 0.4) is 0 Å². The number of H-pyrrole nitrogens is 1. The summed E-state index contributed by atoms with van der Waals surface area (Å²) in [5.74, 6) is 0. The summed E-state index contributed by atoms with van der Waals surface area (Å²) >= 11 is 6.36. The van der Waals surface area contributed by atoms with Gasteiger partial charge in [0.2, 0.25) is 0 Å². The molecule has 1 aliphatic rings. The molecule has 0 bridgehead atoms. The highest BCUT2D eigenvalue weighted by atomic mass is 35.5. The van der Waals surface area contributed by atoms with Crippen molar-refractivity contribution in [1.82, 2.24) is 20.8 Å². The molecular weight excluding hydrogens is 356 g/mol. The van der Waals surface area contributed by atoms with E-state index in [2.05, 4.69) is 64.2 Å². The third-order valence-corrected chi connectivity index (χ3v) is 5.47. The molecule has 3 unspecified atom stereocenters. The monoisotopic (exact) mass is 380 g/mol. The molecule has 4 rings (SSSR count). The average molecular weight is 381 g/mol. The van der Waals surface area contributed by atoms with Crippen LogP contribution in [0, 0.1) is 6.92 Å². The maximum Gasteiger partial charge on any atom is 0.0611 e. The Morgan fingerprint density at radius 1 is 1.15 bits per heavy atom. The van der Waals surface area contributed by atoms with Crippen LogP contribution in [0.15, 0.2) is 60.9 Å². The van der Waals surface area contributed by atoms with Crippen molar-refractivity contribution < 1.29 is 0 Å². The molecule has 1 fully saturated rings. The van der Waals surface area contributed by atoms with Gasteiger partial charge in [-0.25, -0.2) is 0 Å². The van der Waals surface area contributed by atoms with Crippen molar-refractivity contribution in [3.63, 3.8) is 0 Å². The smallest absolute Gasteiger partial charge is 0.0611 e. The topological polar surface area (TPSA) is 52.7 Å². The molecule has 2 heterocycles. The Labute approximate surface area is 165 Å². The Morgan fingerprint density at radius 2 is 2.00 bits per heavy atom.